The van der Waals surface area contributed by atoms with E-state index < -0.39 is 0 Å². The van der Waals surface area contributed by atoms with Crippen LogP contribution < -0.4 is 5.73 Å². The number of rotatable bonds is 8. The molecular weight excluding hydrogens is 228 g/mol. The number of hydrogen-bond donors (Lipinski definition) is 1. The van der Waals surface area contributed by atoms with Crippen LogP contribution in [0.3, 0.4) is 0 Å². The molecule has 0 unspecified atom stereocenters. The van der Waals surface area contributed by atoms with Crippen LogP contribution in [0.1, 0.15) is 51.9 Å². The van der Waals surface area contributed by atoms with E-state index in [1.807, 2.05) is 11.8 Å². The third kappa shape index (κ3) is 5.83. The van der Waals surface area contributed by atoms with Gasteiger partial charge in [0.2, 0.25) is 5.91 Å². The summed E-state index contributed by atoms with van der Waals surface area (Å²) in [4.78, 5) is 14.0. The summed E-state index contributed by atoms with van der Waals surface area (Å²) in [5.74, 6) is 0.317. The quantitative estimate of drug-likeness (QED) is 0.675. The highest BCUT2D eigenvalue weighted by atomic mass is 16.5. The van der Waals surface area contributed by atoms with E-state index in [1.54, 1.807) is 0 Å². The predicted octanol–water partition coefficient (Wildman–Crippen LogP) is 1.92. The normalized spacial score (nSPS) is 17.1. The first-order valence-electron chi connectivity index (χ1n) is 7.37. The van der Waals surface area contributed by atoms with Gasteiger partial charge in [-0.15, -0.1) is 0 Å². The molecule has 0 aromatic carbocycles. The Bertz CT molecular complexity index is 226. The molecule has 1 fully saturated rings. The van der Waals surface area contributed by atoms with Crippen molar-refractivity contribution >= 4 is 5.91 Å². The Balaban J connectivity index is 2.08. The van der Waals surface area contributed by atoms with Crippen LogP contribution in [0.4, 0.5) is 0 Å². The summed E-state index contributed by atoms with van der Waals surface area (Å²) in [6, 6.07) is 0. The topological polar surface area (TPSA) is 55.6 Å². The molecule has 0 radical (unpaired) electrons. The van der Waals surface area contributed by atoms with Gasteiger partial charge in [0.15, 0.2) is 0 Å². The SMILES string of the molecule is CCOC1CCN(C(=O)CCCCCCN)CC1. The van der Waals surface area contributed by atoms with Crippen LogP contribution in [0.25, 0.3) is 0 Å². The number of ether oxygens (including phenoxy) is 1. The first kappa shape index (κ1) is 15.4. The number of hydrogen-bond acceptors (Lipinski definition) is 3. The first-order chi connectivity index (χ1) is 8.77. The summed E-state index contributed by atoms with van der Waals surface area (Å²) in [5, 5.41) is 0. The van der Waals surface area contributed by atoms with E-state index in [0.29, 0.717) is 18.4 Å². The summed E-state index contributed by atoms with van der Waals surface area (Å²) in [5.41, 5.74) is 5.44. The highest BCUT2D eigenvalue weighted by Gasteiger charge is 2.22. The number of likely N-dealkylation sites (tertiary alicyclic amines) is 1. The van der Waals surface area contributed by atoms with Gasteiger partial charge in [-0.3, -0.25) is 4.79 Å². The molecule has 0 bridgehead atoms. The molecule has 1 aliphatic heterocycles. The second kappa shape index (κ2) is 9.34. The Morgan fingerprint density at radius 2 is 1.89 bits per heavy atom. The molecule has 1 amide bonds. The molecule has 0 aromatic rings. The molecule has 2 N–H and O–H groups in total. The van der Waals surface area contributed by atoms with Crippen molar-refractivity contribution in [1.82, 2.24) is 4.90 Å². The number of piperidine rings is 1. The number of unbranched alkanes of at least 4 members (excludes halogenated alkanes) is 3. The molecule has 0 saturated carbocycles. The Morgan fingerprint density at radius 1 is 1.22 bits per heavy atom. The fourth-order valence-electron chi connectivity index (χ4n) is 2.44. The third-order valence-corrected chi connectivity index (χ3v) is 3.54. The summed E-state index contributed by atoms with van der Waals surface area (Å²) >= 11 is 0. The molecular formula is C14H28N2O2. The van der Waals surface area contributed by atoms with Crippen LogP contribution in [0.5, 0.6) is 0 Å². The zero-order valence-corrected chi connectivity index (χ0v) is 11.7. The summed E-state index contributed by atoms with van der Waals surface area (Å²) in [6.07, 6.45) is 7.40. The van der Waals surface area contributed by atoms with E-state index in [4.69, 9.17) is 10.5 Å². The molecule has 0 aromatic heterocycles. The highest BCUT2D eigenvalue weighted by molar-refractivity contribution is 5.76. The van der Waals surface area contributed by atoms with Crippen LogP contribution in [0.15, 0.2) is 0 Å². The minimum Gasteiger partial charge on any atom is -0.378 e. The van der Waals surface area contributed by atoms with E-state index >= 15 is 0 Å². The van der Waals surface area contributed by atoms with Gasteiger partial charge in [-0.05, 0) is 39.2 Å². The van der Waals surface area contributed by atoms with Crippen molar-refractivity contribution in [3.63, 3.8) is 0 Å². The van der Waals surface area contributed by atoms with Crippen LogP contribution in [0.2, 0.25) is 0 Å². The summed E-state index contributed by atoms with van der Waals surface area (Å²) in [7, 11) is 0. The van der Waals surface area contributed by atoms with Crippen LogP contribution >= 0.6 is 0 Å². The monoisotopic (exact) mass is 256 g/mol. The van der Waals surface area contributed by atoms with E-state index in [2.05, 4.69) is 0 Å². The molecule has 1 rings (SSSR count). The molecule has 1 heterocycles. The minimum atomic E-state index is 0.317. The van der Waals surface area contributed by atoms with Crippen molar-refractivity contribution in [1.29, 1.82) is 0 Å². The molecule has 1 aliphatic rings. The average Bonchev–Trinajstić information content (AvgIpc) is 2.39. The molecule has 18 heavy (non-hydrogen) atoms. The lowest BCUT2D eigenvalue weighted by molar-refractivity contribution is -0.133. The molecule has 4 nitrogen and oxygen atoms in total. The highest BCUT2D eigenvalue weighted by Crippen LogP contribution is 2.15. The predicted molar refractivity (Wildman–Crippen MR) is 73.4 cm³/mol. The zero-order chi connectivity index (χ0) is 13.2. The fourth-order valence-corrected chi connectivity index (χ4v) is 2.44. The van der Waals surface area contributed by atoms with Gasteiger partial charge in [-0.2, -0.15) is 0 Å². The second-order valence-electron chi connectivity index (χ2n) is 4.99. The van der Waals surface area contributed by atoms with Gasteiger partial charge in [-0.1, -0.05) is 12.8 Å². The number of carbonyl (C=O) groups is 1. The van der Waals surface area contributed by atoms with Crippen molar-refractivity contribution in [2.45, 2.75) is 58.0 Å². The van der Waals surface area contributed by atoms with Gasteiger partial charge >= 0.3 is 0 Å². The Kier molecular flexibility index (Phi) is 8.01. The van der Waals surface area contributed by atoms with Gasteiger partial charge in [0.1, 0.15) is 0 Å². The van der Waals surface area contributed by atoms with Gasteiger partial charge in [-0.25, -0.2) is 0 Å². The lowest BCUT2D eigenvalue weighted by Gasteiger charge is -2.31. The molecule has 106 valence electrons. The maximum absolute atomic E-state index is 12.0. The summed E-state index contributed by atoms with van der Waals surface area (Å²) < 4.78 is 5.59. The Hall–Kier alpha value is -0.610. The molecule has 0 spiro atoms. The number of nitrogens with zero attached hydrogens (tertiary/aromatic N) is 1. The fraction of sp³-hybridized carbons (Fsp3) is 0.929. The molecule has 4 heteroatoms. The van der Waals surface area contributed by atoms with Gasteiger partial charge in [0.25, 0.3) is 0 Å². The molecule has 0 aliphatic carbocycles. The maximum atomic E-state index is 12.0. The van der Waals surface area contributed by atoms with Crippen molar-refractivity contribution in [3.05, 3.63) is 0 Å². The lowest BCUT2D eigenvalue weighted by Crippen LogP contribution is -2.40. The largest absolute Gasteiger partial charge is 0.378 e. The smallest absolute Gasteiger partial charge is 0.222 e. The van der Waals surface area contributed by atoms with E-state index in [0.717, 1.165) is 64.8 Å². The van der Waals surface area contributed by atoms with Crippen molar-refractivity contribution in [2.75, 3.05) is 26.2 Å². The second-order valence-corrected chi connectivity index (χ2v) is 4.99. The third-order valence-electron chi connectivity index (χ3n) is 3.54. The number of amides is 1. The van der Waals surface area contributed by atoms with E-state index in [9.17, 15) is 4.79 Å². The summed E-state index contributed by atoms with van der Waals surface area (Å²) in [6.45, 7) is 5.30. The van der Waals surface area contributed by atoms with Gasteiger partial charge < -0.3 is 15.4 Å². The molecule has 1 saturated heterocycles. The Morgan fingerprint density at radius 3 is 2.50 bits per heavy atom. The van der Waals surface area contributed by atoms with Crippen LogP contribution in [0, 0.1) is 0 Å². The average molecular weight is 256 g/mol. The van der Waals surface area contributed by atoms with Gasteiger partial charge in [0, 0.05) is 26.1 Å². The standard InChI is InChI=1S/C14H28N2O2/c1-2-18-13-8-11-16(12-9-13)14(17)7-5-3-4-6-10-15/h13H,2-12,15H2,1H3. The van der Waals surface area contributed by atoms with Crippen molar-refractivity contribution in [2.24, 2.45) is 5.73 Å². The van der Waals surface area contributed by atoms with Crippen LogP contribution in [-0.4, -0.2) is 43.2 Å². The van der Waals surface area contributed by atoms with Gasteiger partial charge in [0.05, 0.1) is 6.10 Å². The van der Waals surface area contributed by atoms with Crippen molar-refractivity contribution in [3.8, 4) is 0 Å². The maximum Gasteiger partial charge on any atom is 0.222 e. The lowest BCUT2D eigenvalue weighted by atomic mass is 10.1. The van der Waals surface area contributed by atoms with E-state index in [1.165, 1.54) is 0 Å². The molecule has 0 atom stereocenters. The van der Waals surface area contributed by atoms with Crippen molar-refractivity contribution < 1.29 is 9.53 Å². The van der Waals surface area contributed by atoms with E-state index in [-0.39, 0.29) is 0 Å². The van der Waals surface area contributed by atoms with Crippen LogP contribution in [-0.2, 0) is 9.53 Å². The first-order valence-corrected chi connectivity index (χ1v) is 7.37. The zero-order valence-electron chi connectivity index (χ0n) is 11.7. The number of nitrogens with two attached hydrogens (primary N) is 1. The Labute approximate surface area is 111 Å². The number of carbonyl (C=O) groups excluding carboxylic acids is 1. The minimum absolute atomic E-state index is 0.317.